The first-order chi connectivity index (χ1) is 13.3. The molecule has 0 bridgehead atoms. The van der Waals surface area contributed by atoms with Crippen molar-refractivity contribution in [1.82, 2.24) is 40.1 Å². The second-order valence-corrected chi connectivity index (χ2v) is 6.44. The van der Waals surface area contributed by atoms with Crippen LogP contribution in [0, 0.1) is 6.92 Å². The highest BCUT2D eigenvalue weighted by Crippen LogP contribution is 2.32. The first kappa shape index (κ1) is 17.1. The van der Waals surface area contributed by atoms with E-state index in [0.717, 1.165) is 65.8 Å². The lowest BCUT2D eigenvalue weighted by Gasteiger charge is -2.09. The average Bonchev–Trinajstić information content (AvgIpc) is 3.42. The summed E-state index contributed by atoms with van der Waals surface area (Å²) in [5.41, 5.74) is 5.10. The summed E-state index contributed by atoms with van der Waals surface area (Å²) in [4.78, 5) is 12.9. The summed E-state index contributed by atoms with van der Waals surface area (Å²) in [6.45, 7) is 4.97. The Kier molecular flexibility index (Phi) is 4.78. The largest absolute Gasteiger partial charge is 0.346 e. The van der Waals surface area contributed by atoms with E-state index in [4.69, 9.17) is 9.97 Å². The van der Waals surface area contributed by atoms with Gasteiger partial charge in [0.05, 0.1) is 17.7 Å². The van der Waals surface area contributed by atoms with Crippen molar-refractivity contribution in [2.75, 3.05) is 0 Å². The average molecular weight is 362 g/mol. The first-order valence-electron chi connectivity index (χ1n) is 9.15. The van der Waals surface area contributed by atoms with Crippen LogP contribution in [0.3, 0.4) is 0 Å². The molecule has 0 amide bonds. The van der Waals surface area contributed by atoms with E-state index in [-0.39, 0.29) is 0 Å². The molecule has 27 heavy (non-hydrogen) atoms. The van der Waals surface area contributed by atoms with Crippen LogP contribution in [-0.2, 0) is 19.4 Å². The minimum atomic E-state index is 0.726. The van der Waals surface area contributed by atoms with E-state index in [1.54, 1.807) is 0 Å². The molecule has 8 heteroatoms. The molecular formula is C19H22N8. The van der Waals surface area contributed by atoms with Gasteiger partial charge in [0.25, 0.3) is 0 Å². The maximum atomic E-state index is 4.82. The topological polar surface area (TPSA) is 101 Å². The molecule has 8 nitrogen and oxygen atoms in total. The van der Waals surface area contributed by atoms with E-state index in [0.29, 0.717) is 0 Å². The van der Waals surface area contributed by atoms with Crippen molar-refractivity contribution in [1.29, 1.82) is 0 Å². The monoisotopic (exact) mass is 362 g/mol. The van der Waals surface area contributed by atoms with Gasteiger partial charge in [-0.05, 0) is 13.3 Å². The summed E-state index contributed by atoms with van der Waals surface area (Å²) in [6.07, 6.45) is 4.41. The number of aryl methyl sites for hydroxylation is 4. The van der Waals surface area contributed by atoms with Gasteiger partial charge < -0.3 is 9.55 Å². The molecule has 1 aromatic carbocycles. The number of imidazole rings is 2. The fourth-order valence-electron chi connectivity index (χ4n) is 3.22. The van der Waals surface area contributed by atoms with Gasteiger partial charge in [0.15, 0.2) is 5.82 Å². The van der Waals surface area contributed by atoms with Gasteiger partial charge in [0, 0.05) is 30.6 Å². The van der Waals surface area contributed by atoms with Gasteiger partial charge in [-0.2, -0.15) is 5.21 Å². The van der Waals surface area contributed by atoms with E-state index < -0.39 is 0 Å². The lowest BCUT2D eigenvalue weighted by atomic mass is 10.1. The minimum Gasteiger partial charge on any atom is -0.346 e. The highest BCUT2D eigenvalue weighted by atomic mass is 15.5. The molecule has 0 aliphatic carbocycles. The Hall–Kier alpha value is -3.29. The third kappa shape index (κ3) is 3.51. The third-order valence-electron chi connectivity index (χ3n) is 4.57. The predicted molar refractivity (Wildman–Crippen MR) is 102 cm³/mol. The van der Waals surface area contributed by atoms with E-state index in [1.165, 1.54) is 0 Å². The molecule has 2 N–H and O–H groups in total. The zero-order valence-electron chi connectivity index (χ0n) is 15.5. The SMILES string of the molecule is CCc1nc(-c2c(-c3ccccc3)ncn2CCCc2nn[nH]n2)c(C)[nH]1. The summed E-state index contributed by atoms with van der Waals surface area (Å²) < 4.78 is 2.17. The van der Waals surface area contributed by atoms with Crippen molar-refractivity contribution < 1.29 is 0 Å². The van der Waals surface area contributed by atoms with Crippen molar-refractivity contribution in [3.63, 3.8) is 0 Å². The predicted octanol–water partition coefficient (Wildman–Crippen LogP) is 2.96. The summed E-state index contributed by atoms with van der Waals surface area (Å²) in [5, 5.41) is 14.1. The number of benzene rings is 1. The molecule has 0 aliphatic heterocycles. The van der Waals surface area contributed by atoms with Crippen LogP contribution in [0.4, 0.5) is 0 Å². The number of H-pyrrole nitrogens is 2. The van der Waals surface area contributed by atoms with Gasteiger partial charge in [-0.15, -0.1) is 10.2 Å². The highest BCUT2D eigenvalue weighted by Gasteiger charge is 2.19. The summed E-state index contributed by atoms with van der Waals surface area (Å²) in [5.74, 6) is 1.71. The Bertz CT molecular complexity index is 998. The van der Waals surface area contributed by atoms with Crippen molar-refractivity contribution in [2.24, 2.45) is 0 Å². The summed E-state index contributed by atoms with van der Waals surface area (Å²) in [6, 6.07) is 10.2. The number of hydrogen-bond donors (Lipinski definition) is 2. The van der Waals surface area contributed by atoms with Crippen LogP contribution in [0.2, 0.25) is 0 Å². The molecule has 0 saturated heterocycles. The first-order valence-corrected chi connectivity index (χ1v) is 9.15. The number of aromatic nitrogens is 8. The molecule has 0 unspecified atom stereocenters. The second-order valence-electron chi connectivity index (χ2n) is 6.44. The lowest BCUT2D eigenvalue weighted by Crippen LogP contribution is -2.03. The standard InChI is InChI=1S/C19H22N8/c1-3-15-21-13(2)17(22-15)19-18(14-8-5-4-6-9-14)20-12-27(19)11-7-10-16-23-25-26-24-16/h4-6,8-9,12H,3,7,10-11H2,1-2H3,(H,21,22)(H,23,24,25,26). The fourth-order valence-corrected chi connectivity index (χ4v) is 3.22. The molecule has 0 saturated carbocycles. The van der Waals surface area contributed by atoms with E-state index in [9.17, 15) is 0 Å². The van der Waals surface area contributed by atoms with Gasteiger partial charge in [0.1, 0.15) is 11.5 Å². The Labute approximate surface area is 157 Å². The van der Waals surface area contributed by atoms with Gasteiger partial charge in [0.2, 0.25) is 0 Å². The van der Waals surface area contributed by atoms with Crippen LogP contribution in [0.1, 0.15) is 30.7 Å². The molecule has 4 aromatic rings. The zero-order chi connectivity index (χ0) is 18.6. The van der Waals surface area contributed by atoms with E-state index >= 15 is 0 Å². The van der Waals surface area contributed by atoms with E-state index in [1.807, 2.05) is 24.5 Å². The van der Waals surface area contributed by atoms with Gasteiger partial charge in [-0.25, -0.2) is 9.97 Å². The number of rotatable bonds is 7. The van der Waals surface area contributed by atoms with Gasteiger partial charge in [-0.3, -0.25) is 0 Å². The number of nitrogens with one attached hydrogen (secondary N) is 2. The lowest BCUT2D eigenvalue weighted by molar-refractivity contribution is 0.632. The van der Waals surface area contributed by atoms with Crippen molar-refractivity contribution in [3.05, 3.63) is 54.0 Å². The van der Waals surface area contributed by atoms with Crippen LogP contribution in [0.15, 0.2) is 36.7 Å². The highest BCUT2D eigenvalue weighted by molar-refractivity contribution is 5.77. The normalized spacial score (nSPS) is 11.2. The molecule has 3 aromatic heterocycles. The van der Waals surface area contributed by atoms with E-state index in [2.05, 4.69) is 56.2 Å². The van der Waals surface area contributed by atoms with Crippen molar-refractivity contribution >= 4 is 0 Å². The molecule has 0 fully saturated rings. The number of tetrazole rings is 1. The quantitative estimate of drug-likeness (QED) is 0.526. The summed E-state index contributed by atoms with van der Waals surface area (Å²) in [7, 11) is 0. The third-order valence-corrected chi connectivity index (χ3v) is 4.57. The van der Waals surface area contributed by atoms with Gasteiger partial charge >= 0.3 is 0 Å². The van der Waals surface area contributed by atoms with Crippen molar-refractivity contribution in [3.8, 4) is 22.6 Å². The number of nitrogens with zero attached hydrogens (tertiary/aromatic N) is 6. The Morgan fingerprint density at radius 1 is 1.11 bits per heavy atom. The van der Waals surface area contributed by atoms with Crippen LogP contribution < -0.4 is 0 Å². The van der Waals surface area contributed by atoms with Crippen LogP contribution in [-0.4, -0.2) is 40.1 Å². The van der Waals surface area contributed by atoms with Crippen LogP contribution in [0.25, 0.3) is 22.6 Å². The molecule has 0 spiro atoms. The number of aromatic amines is 2. The van der Waals surface area contributed by atoms with Crippen LogP contribution in [0.5, 0.6) is 0 Å². The Balaban J connectivity index is 1.70. The maximum Gasteiger partial charge on any atom is 0.174 e. The minimum absolute atomic E-state index is 0.726. The zero-order valence-corrected chi connectivity index (χ0v) is 15.5. The molecule has 138 valence electrons. The molecule has 0 atom stereocenters. The molecular weight excluding hydrogens is 340 g/mol. The molecule has 3 heterocycles. The second kappa shape index (κ2) is 7.53. The van der Waals surface area contributed by atoms with Gasteiger partial charge in [-0.1, -0.05) is 42.5 Å². The summed E-state index contributed by atoms with van der Waals surface area (Å²) >= 11 is 0. The molecule has 0 radical (unpaired) electrons. The molecule has 4 rings (SSSR count). The Morgan fingerprint density at radius 2 is 1.96 bits per heavy atom. The van der Waals surface area contributed by atoms with Crippen molar-refractivity contribution in [2.45, 2.75) is 39.7 Å². The number of hydrogen-bond acceptors (Lipinski definition) is 5. The maximum absolute atomic E-state index is 4.82. The fraction of sp³-hybridized carbons (Fsp3) is 0.316. The molecule has 0 aliphatic rings. The van der Waals surface area contributed by atoms with Crippen LogP contribution >= 0.6 is 0 Å². The smallest absolute Gasteiger partial charge is 0.174 e. The Morgan fingerprint density at radius 3 is 2.67 bits per heavy atom.